The zero-order valence-electron chi connectivity index (χ0n) is 20.5. The van der Waals surface area contributed by atoms with E-state index in [0.717, 1.165) is 23.1 Å². The number of benzene rings is 5. The van der Waals surface area contributed by atoms with Gasteiger partial charge in [-0.1, -0.05) is 67.6 Å². The lowest BCUT2D eigenvalue weighted by Crippen LogP contribution is -1.94. The Balaban J connectivity index is 1.54. The molecule has 0 aliphatic heterocycles. The molecule has 0 aliphatic rings. The zero-order chi connectivity index (χ0) is 24.6. The normalized spacial score (nSPS) is 11.1. The van der Waals surface area contributed by atoms with Gasteiger partial charge in [-0.05, 0) is 95.3 Å². The van der Waals surface area contributed by atoms with Crippen LogP contribution in [0.5, 0.6) is 0 Å². The molecule has 2 heteroatoms. The van der Waals surface area contributed by atoms with Crippen molar-refractivity contribution in [1.82, 2.24) is 4.57 Å². The maximum absolute atomic E-state index is 9.22. The lowest BCUT2D eigenvalue weighted by atomic mass is 9.91. The molecule has 0 spiro atoms. The molecule has 0 unspecified atom stereocenters. The zero-order valence-corrected chi connectivity index (χ0v) is 20.5. The number of para-hydroxylation sites is 1. The molecule has 1 aromatic heterocycles. The van der Waals surface area contributed by atoms with Gasteiger partial charge in [-0.25, -0.2) is 0 Å². The molecule has 0 atom stereocenters. The van der Waals surface area contributed by atoms with Gasteiger partial charge in [0.15, 0.2) is 0 Å². The molecular formula is C34H26N2. The van der Waals surface area contributed by atoms with Crippen LogP contribution in [-0.4, -0.2) is 4.57 Å². The monoisotopic (exact) mass is 462 g/mol. The molecule has 0 N–H and O–H groups in total. The first-order valence-corrected chi connectivity index (χ1v) is 12.4. The number of fused-ring (bicyclic) bond motifs is 3. The molecule has 0 amide bonds. The Kier molecular flexibility index (Phi) is 5.40. The summed E-state index contributed by atoms with van der Waals surface area (Å²) in [4.78, 5) is 0. The molecule has 0 saturated carbocycles. The van der Waals surface area contributed by atoms with Gasteiger partial charge in [-0.15, -0.1) is 0 Å². The van der Waals surface area contributed by atoms with Crippen molar-refractivity contribution in [1.29, 1.82) is 5.26 Å². The van der Waals surface area contributed by atoms with E-state index in [4.69, 9.17) is 0 Å². The fourth-order valence-corrected chi connectivity index (χ4v) is 5.30. The molecule has 1 heterocycles. The summed E-state index contributed by atoms with van der Waals surface area (Å²) in [6, 6.07) is 40.9. The Morgan fingerprint density at radius 2 is 1.36 bits per heavy atom. The largest absolute Gasteiger partial charge is 0.309 e. The average Bonchev–Trinajstić information content (AvgIpc) is 3.27. The van der Waals surface area contributed by atoms with Crippen molar-refractivity contribution < 1.29 is 0 Å². The van der Waals surface area contributed by atoms with Crippen molar-refractivity contribution in [2.45, 2.75) is 20.3 Å². The number of rotatable bonds is 4. The second-order valence-corrected chi connectivity index (χ2v) is 9.28. The van der Waals surface area contributed by atoms with E-state index in [-0.39, 0.29) is 0 Å². The van der Waals surface area contributed by atoms with Gasteiger partial charge in [-0.3, -0.25) is 0 Å². The minimum Gasteiger partial charge on any atom is -0.309 e. The lowest BCUT2D eigenvalue weighted by Gasteiger charge is -2.13. The van der Waals surface area contributed by atoms with E-state index >= 15 is 0 Å². The van der Waals surface area contributed by atoms with E-state index in [9.17, 15) is 5.26 Å². The van der Waals surface area contributed by atoms with Crippen molar-refractivity contribution in [3.8, 4) is 34.0 Å². The van der Waals surface area contributed by atoms with Gasteiger partial charge in [0.05, 0.1) is 22.7 Å². The van der Waals surface area contributed by atoms with E-state index in [1.807, 2.05) is 24.3 Å². The quantitative estimate of drug-likeness (QED) is 0.257. The first-order valence-electron chi connectivity index (χ1n) is 12.4. The fraction of sp³-hybridized carbons (Fsp3) is 0.0882. The molecule has 6 rings (SSSR count). The van der Waals surface area contributed by atoms with E-state index in [1.54, 1.807) is 0 Å². The fourth-order valence-electron chi connectivity index (χ4n) is 5.30. The number of nitriles is 1. The summed E-state index contributed by atoms with van der Waals surface area (Å²) in [5.41, 5.74) is 11.8. The van der Waals surface area contributed by atoms with Crippen LogP contribution in [-0.2, 0) is 6.42 Å². The highest BCUT2D eigenvalue weighted by Crippen LogP contribution is 2.37. The Labute approximate surface area is 211 Å². The summed E-state index contributed by atoms with van der Waals surface area (Å²) in [6.45, 7) is 4.41. The summed E-state index contributed by atoms with van der Waals surface area (Å²) < 4.78 is 2.29. The van der Waals surface area contributed by atoms with Gasteiger partial charge in [0.2, 0.25) is 0 Å². The summed E-state index contributed by atoms with van der Waals surface area (Å²) >= 11 is 0. The highest BCUT2D eigenvalue weighted by Gasteiger charge is 2.14. The van der Waals surface area contributed by atoms with Crippen molar-refractivity contribution in [3.05, 3.63) is 126 Å². The van der Waals surface area contributed by atoms with Crippen LogP contribution in [0.1, 0.15) is 23.6 Å². The van der Waals surface area contributed by atoms with E-state index < -0.39 is 0 Å². The standard InChI is InChI=1S/C34H26N2/c1-3-25-8-4-5-9-29(25)31-20-26(15-12-23(31)2)27-16-19-34-32(21-27)30-10-6-7-11-33(30)36(34)28-17-13-24(22-35)14-18-28/h4-21H,3H2,1-2H3. The van der Waals surface area contributed by atoms with Crippen LogP contribution in [0.4, 0.5) is 0 Å². The van der Waals surface area contributed by atoms with Gasteiger partial charge < -0.3 is 4.57 Å². The first kappa shape index (κ1) is 21.9. The van der Waals surface area contributed by atoms with E-state index in [2.05, 4.69) is 109 Å². The van der Waals surface area contributed by atoms with Crippen molar-refractivity contribution in [2.75, 3.05) is 0 Å². The highest BCUT2D eigenvalue weighted by molar-refractivity contribution is 6.10. The number of nitrogens with zero attached hydrogens (tertiary/aromatic N) is 2. The third-order valence-corrected chi connectivity index (χ3v) is 7.19. The summed E-state index contributed by atoms with van der Waals surface area (Å²) in [6.07, 6.45) is 1.01. The molecule has 0 bridgehead atoms. The molecular weight excluding hydrogens is 436 g/mol. The van der Waals surface area contributed by atoms with Crippen LogP contribution >= 0.6 is 0 Å². The molecule has 6 aromatic rings. The Morgan fingerprint density at radius 3 is 2.17 bits per heavy atom. The smallest absolute Gasteiger partial charge is 0.0991 e. The third-order valence-electron chi connectivity index (χ3n) is 7.19. The van der Waals surface area contributed by atoms with Crippen molar-refractivity contribution >= 4 is 21.8 Å². The predicted octanol–water partition coefficient (Wildman–Crippen LogP) is 8.86. The summed E-state index contributed by atoms with van der Waals surface area (Å²) in [5, 5.41) is 11.7. The van der Waals surface area contributed by atoms with Crippen LogP contribution in [0.15, 0.2) is 109 Å². The van der Waals surface area contributed by atoms with Gasteiger partial charge in [0.25, 0.3) is 0 Å². The summed E-state index contributed by atoms with van der Waals surface area (Å²) in [7, 11) is 0. The highest BCUT2D eigenvalue weighted by atomic mass is 15.0. The van der Waals surface area contributed by atoms with Crippen LogP contribution in [0, 0.1) is 18.3 Å². The Bertz CT molecular complexity index is 1780. The molecule has 5 aromatic carbocycles. The van der Waals surface area contributed by atoms with Crippen LogP contribution in [0.25, 0.3) is 49.7 Å². The van der Waals surface area contributed by atoms with Crippen molar-refractivity contribution in [2.24, 2.45) is 0 Å². The Morgan fingerprint density at radius 1 is 0.667 bits per heavy atom. The van der Waals surface area contributed by atoms with Crippen LogP contribution in [0.3, 0.4) is 0 Å². The van der Waals surface area contributed by atoms with E-state index in [0.29, 0.717) is 5.56 Å². The van der Waals surface area contributed by atoms with Gasteiger partial charge >= 0.3 is 0 Å². The number of aryl methyl sites for hydroxylation is 2. The minimum atomic E-state index is 0.668. The van der Waals surface area contributed by atoms with Gasteiger partial charge in [0.1, 0.15) is 0 Å². The third kappa shape index (κ3) is 3.58. The molecule has 172 valence electrons. The SMILES string of the molecule is CCc1ccccc1-c1cc(-c2ccc3c(c2)c2ccccc2n3-c2ccc(C#N)cc2)ccc1C. The number of hydrogen-bond acceptors (Lipinski definition) is 1. The molecule has 0 aliphatic carbocycles. The minimum absolute atomic E-state index is 0.668. The average molecular weight is 463 g/mol. The Hall–Kier alpha value is -4.61. The topological polar surface area (TPSA) is 28.7 Å². The predicted molar refractivity (Wildman–Crippen MR) is 150 cm³/mol. The first-order chi connectivity index (χ1) is 17.7. The molecule has 0 fully saturated rings. The second-order valence-electron chi connectivity index (χ2n) is 9.28. The van der Waals surface area contributed by atoms with Gasteiger partial charge in [-0.2, -0.15) is 5.26 Å². The molecule has 0 radical (unpaired) electrons. The van der Waals surface area contributed by atoms with Crippen LogP contribution < -0.4 is 0 Å². The lowest BCUT2D eigenvalue weighted by molar-refractivity contribution is 1.14. The maximum Gasteiger partial charge on any atom is 0.0991 e. The molecule has 2 nitrogen and oxygen atoms in total. The summed E-state index contributed by atoms with van der Waals surface area (Å²) in [5.74, 6) is 0. The van der Waals surface area contributed by atoms with E-state index in [1.165, 1.54) is 44.2 Å². The molecule has 36 heavy (non-hydrogen) atoms. The number of hydrogen-bond donors (Lipinski definition) is 0. The molecule has 0 saturated heterocycles. The van der Waals surface area contributed by atoms with Crippen molar-refractivity contribution in [3.63, 3.8) is 0 Å². The second kappa shape index (κ2) is 8.87. The maximum atomic E-state index is 9.22. The van der Waals surface area contributed by atoms with Gasteiger partial charge in [0, 0.05) is 16.5 Å². The number of aromatic nitrogens is 1. The van der Waals surface area contributed by atoms with Crippen LogP contribution in [0.2, 0.25) is 0 Å².